The lowest BCUT2D eigenvalue weighted by Crippen LogP contribution is -2.30. The molecule has 0 rings (SSSR count). The average Bonchev–Trinajstić information content (AvgIpc) is 3.31. The van der Waals surface area contributed by atoms with Gasteiger partial charge in [0.1, 0.15) is 13.2 Å². The van der Waals surface area contributed by atoms with E-state index in [2.05, 4.69) is 75.5 Å². The lowest BCUT2D eigenvalue weighted by atomic mass is 10.0. The van der Waals surface area contributed by atoms with E-state index < -0.39 is 6.10 Å². The minimum Gasteiger partial charge on any atom is -0.462 e. The summed E-state index contributed by atoms with van der Waals surface area (Å²) in [5.74, 6) is -0.930. The standard InChI is InChI=1S/C60H102O6/c1-4-7-10-13-16-19-22-25-27-29-30-31-33-35-38-41-44-47-50-53-59(62)65-56-57(55-64-58(61)52-49-46-43-40-37-34-24-21-18-15-12-9-6-3)66-60(63)54-51-48-45-42-39-36-32-28-26-23-20-17-14-11-8-5-2/h7,9-10,12,15-16,18-19,21,24-25,27,34,37,57H,4-6,8,11,13-14,17,20,22-23,26,28-33,35-36,38-56H2,1-3H3/b10-7-,12-9-,18-15-,19-16-,24-21-,27-25-,37-34-. The number of allylic oxidation sites excluding steroid dienone is 14. The van der Waals surface area contributed by atoms with Crippen molar-refractivity contribution >= 4 is 17.9 Å². The third-order valence-corrected chi connectivity index (χ3v) is 11.7. The molecule has 0 radical (unpaired) electrons. The van der Waals surface area contributed by atoms with Crippen LogP contribution in [0.15, 0.2) is 85.1 Å². The van der Waals surface area contributed by atoms with Crippen LogP contribution >= 0.6 is 0 Å². The number of carbonyl (C=O) groups is 3. The Labute approximate surface area is 407 Å². The highest BCUT2D eigenvalue weighted by Gasteiger charge is 2.19. The summed E-state index contributed by atoms with van der Waals surface area (Å²) in [7, 11) is 0. The minimum atomic E-state index is -0.793. The fraction of sp³-hybridized carbons (Fsp3) is 0.717. The predicted octanol–water partition coefficient (Wildman–Crippen LogP) is 18.4. The monoisotopic (exact) mass is 919 g/mol. The molecule has 6 heteroatoms. The molecule has 1 unspecified atom stereocenters. The summed E-state index contributed by atoms with van der Waals surface area (Å²) < 4.78 is 16.8. The molecule has 0 saturated carbocycles. The number of ether oxygens (including phenoxy) is 3. The van der Waals surface area contributed by atoms with Crippen LogP contribution in [0.2, 0.25) is 0 Å². The lowest BCUT2D eigenvalue weighted by molar-refractivity contribution is -0.167. The first-order valence-corrected chi connectivity index (χ1v) is 27.6. The molecule has 0 saturated heterocycles. The van der Waals surface area contributed by atoms with Gasteiger partial charge in [-0.3, -0.25) is 14.4 Å². The smallest absolute Gasteiger partial charge is 0.306 e. The molecule has 0 amide bonds. The van der Waals surface area contributed by atoms with Crippen LogP contribution < -0.4 is 0 Å². The molecule has 0 aromatic carbocycles. The second-order valence-electron chi connectivity index (χ2n) is 18.2. The van der Waals surface area contributed by atoms with E-state index in [1.54, 1.807) is 0 Å². The molecule has 0 aromatic rings. The molecular formula is C60H102O6. The molecule has 0 aliphatic heterocycles. The van der Waals surface area contributed by atoms with Crippen molar-refractivity contribution < 1.29 is 28.6 Å². The zero-order valence-electron chi connectivity index (χ0n) is 43.2. The summed E-state index contributed by atoms with van der Waals surface area (Å²) in [4.78, 5) is 38.1. The van der Waals surface area contributed by atoms with E-state index in [4.69, 9.17) is 14.2 Å². The van der Waals surface area contributed by atoms with Gasteiger partial charge < -0.3 is 14.2 Å². The van der Waals surface area contributed by atoms with Crippen molar-refractivity contribution in [3.63, 3.8) is 0 Å². The van der Waals surface area contributed by atoms with Crippen LogP contribution in [-0.2, 0) is 28.6 Å². The van der Waals surface area contributed by atoms with Crippen molar-refractivity contribution in [1.82, 2.24) is 0 Å². The molecule has 0 aliphatic rings. The Morgan fingerprint density at radius 3 is 1.12 bits per heavy atom. The molecule has 0 aromatic heterocycles. The van der Waals surface area contributed by atoms with Gasteiger partial charge >= 0.3 is 17.9 Å². The van der Waals surface area contributed by atoms with E-state index in [9.17, 15) is 14.4 Å². The Morgan fingerprint density at radius 2 is 0.667 bits per heavy atom. The number of unbranched alkanes of at least 4 members (excludes halogenated alkanes) is 27. The van der Waals surface area contributed by atoms with Gasteiger partial charge in [0.05, 0.1) is 0 Å². The molecule has 0 spiro atoms. The largest absolute Gasteiger partial charge is 0.462 e. The van der Waals surface area contributed by atoms with Crippen molar-refractivity contribution in [3.05, 3.63) is 85.1 Å². The zero-order valence-corrected chi connectivity index (χ0v) is 43.2. The topological polar surface area (TPSA) is 78.9 Å². The summed E-state index contributed by atoms with van der Waals surface area (Å²) in [6.07, 6.45) is 70.0. The summed E-state index contributed by atoms with van der Waals surface area (Å²) in [5.41, 5.74) is 0. The maximum Gasteiger partial charge on any atom is 0.306 e. The second kappa shape index (κ2) is 54.2. The van der Waals surface area contributed by atoms with Crippen LogP contribution in [0.3, 0.4) is 0 Å². The van der Waals surface area contributed by atoms with Crippen molar-refractivity contribution in [3.8, 4) is 0 Å². The van der Waals surface area contributed by atoms with Gasteiger partial charge in [-0.25, -0.2) is 0 Å². The van der Waals surface area contributed by atoms with E-state index in [0.29, 0.717) is 19.3 Å². The molecule has 1 atom stereocenters. The van der Waals surface area contributed by atoms with Crippen molar-refractivity contribution in [1.29, 1.82) is 0 Å². The van der Waals surface area contributed by atoms with Crippen molar-refractivity contribution in [2.24, 2.45) is 0 Å². The molecule has 0 fully saturated rings. The van der Waals surface area contributed by atoms with Crippen LogP contribution in [0.4, 0.5) is 0 Å². The van der Waals surface area contributed by atoms with E-state index in [0.717, 1.165) is 89.9 Å². The van der Waals surface area contributed by atoms with Gasteiger partial charge in [-0.1, -0.05) is 254 Å². The van der Waals surface area contributed by atoms with Crippen molar-refractivity contribution in [2.75, 3.05) is 13.2 Å². The van der Waals surface area contributed by atoms with Gasteiger partial charge in [0.2, 0.25) is 0 Å². The Balaban J connectivity index is 4.40. The zero-order chi connectivity index (χ0) is 47.9. The number of hydrogen-bond donors (Lipinski definition) is 0. The fourth-order valence-electron chi connectivity index (χ4n) is 7.64. The number of carbonyl (C=O) groups excluding carboxylic acids is 3. The van der Waals surface area contributed by atoms with Gasteiger partial charge in [-0.05, 0) is 70.6 Å². The van der Waals surface area contributed by atoms with E-state index >= 15 is 0 Å². The van der Waals surface area contributed by atoms with Gasteiger partial charge in [-0.2, -0.15) is 0 Å². The molecular weight excluding hydrogens is 817 g/mol. The van der Waals surface area contributed by atoms with Crippen LogP contribution in [0.25, 0.3) is 0 Å². The van der Waals surface area contributed by atoms with E-state index in [1.807, 2.05) is 30.4 Å². The highest BCUT2D eigenvalue weighted by Crippen LogP contribution is 2.16. The van der Waals surface area contributed by atoms with Gasteiger partial charge in [0.25, 0.3) is 0 Å². The van der Waals surface area contributed by atoms with Gasteiger partial charge in [0, 0.05) is 19.3 Å². The molecule has 6 nitrogen and oxygen atoms in total. The molecule has 66 heavy (non-hydrogen) atoms. The third kappa shape index (κ3) is 51.6. The van der Waals surface area contributed by atoms with Crippen LogP contribution in [0, 0.1) is 0 Å². The number of rotatable bonds is 49. The summed E-state index contributed by atoms with van der Waals surface area (Å²) in [6, 6.07) is 0. The van der Waals surface area contributed by atoms with Gasteiger partial charge in [0.15, 0.2) is 6.10 Å². The van der Waals surface area contributed by atoms with E-state index in [-0.39, 0.29) is 31.1 Å². The van der Waals surface area contributed by atoms with Gasteiger partial charge in [-0.15, -0.1) is 0 Å². The highest BCUT2D eigenvalue weighted by atomic mass is 16.6. The molecule has 0 bridgehead atoms. The van der Waals surface area contributed by atoms with E-state index in [1.165, 1.54) is 128 Å². The number of esters is 3. The maximum absolute atomic E-state index is 12.8. The first kappa shape index (κ1) is 62.6. The first-order chi connectivity index (χ1) is 32.5. The quantitative estimate of drug-likeness (QED) is 0.0199. The molecule has 0 N–H and O–H groups in total. The minimum absolute atomic E-state index is 0.0907. The Morgan fingerprint density at radius 1 is 0.333 bits per heavy atom. The maximum atomic E-state index is 12.8. The molecule has 0 aliphatic carbocycles. The SMILES string of the molecule is CC\C=C/C=C\C=C/C=C\CCCCCC(=O)OCC(COC(=O)CCCCCCCCCCC/C=C\C/C=C\C/C=C\CC)OC(=O)CCCCCCCCCCCCCCCCCC. The summed E-state index contributed by atoms with van der Waals surface area (Å²) in [5, 5.41) is 0. The Hall–Kier alpha value is -3.41. The summed E-state index contributed by atoms with van der Waals surface area (Å²) in [6.45, 7) is 6.37. The summed E-state index contributed by atoms with van der Waals surface area (Å²) >= 11 is 0. The Bertz CT molecular complexity index is 1290. The third-order valence-electron chi connectivity index (χ3n) is 11.7. The first-order valence-electron chi connectivity index (χ1n) is 27.6. The fourth-order valence-corrected chi connectivity index (χ4v) is 7.64. The van der Waals surface area contributed by atoms with Crippen LogP contribution in [0.5, 0.6) is 0 Å². The predicted molar refractivity (Wildman–Crippen MR) is 284 cm³/mol. The highest BCUT2D eigenvalue weighted by molar-refractivity contribution is 5.71. The lowest BCUT2D eigenvalue weighted by Gasteiger charge is -2.18. The molecule has 378 valence electrons. The normalized spacial score (nSPS) is 12.7. The Kier molecular flexibility index (Phi) is 51.4. The molecule has 0 heterocycles. The number of hydrogen-bond acceptors (Lipinski definition) is 6. The second-order valence-corrected chi connectivity index (χ2v) is 18.2. The van der Waals surface area contributed by atoms with Crippen LogP contribution in [-0.4, -0.2) is 37.2 Å². The average molecular weight is 919 g/mol. The van der Waals surface area contributed by atoms with Crippen LogP contribution in [0.1, 0.15) is 258 Å². The van der Waals surface area contributed by atoms with Crippen molar-refractivity contribution in [2.45, 2.75) is 264 Å².